The van der Waals surface area contributed by atoms with Crippen LogP contribution in [0.4, 0.5) is 4.79 Å². The number of pyridine rings is 1. The lowest BCUT2D eigenvalue weighted by molar-refractivity contribution is -0.0313. The number of hydrogen-bond donors (Lipinski definition) is 0. The maximum Gasteiger partial charge on any atom is 0.410 e. The quantitative estimate of drug-likeness (QED) is 0.803. The standard InChI is InChI=1S/C19H26N4O3/c1-21-13-19(26-18(21)25)8-4-10-23(14-19)15-6-11-22(12-7-15)17(24)16-5-2-3-9-20-16/h2-3,5,9,15H,4,6-8,10-14H2,1H3/t19-/m0/s1. The molecule has 4 heterocycles. The molecule has 26 heavy (non-hydrogen) atoms. The first-order valence-electron chi connectivity index (χ1n) is 9.45. The van der Waals surface area contributed by atoms with Crippen LogP contribution in [0.5, 0.6) is 0 Å². The van der Waals surface area contributed by atoms with Crippen LogP contribution in [-0.2, 0) is 4.74 Å². The predicted molar refractivity (Wildman–Crippen MR) is 95.8 cm³/mol. The first kappa shape index (κ1) is 17.3. The summed E-state index contributed by atoms with van der Waals surface area (Å²) in [5, 5.41) is 0. The molecule has 1 atom stereocenters. The van der Waals surface area contributed by atoms with Crippen LogP contribution in [-0.4, -0.2) is 83.1 Å². The highest BCUT2D eigenvalue weighted by Gasteiger charge is 2.47. The average molecular weight is 358 g/mol. The van der Waals surface area contributed by atoms with Gasteiger partial charge in [0.15, 0.2) is 0 Å². The maximum absolute atomic E-state index is 12.5. The van der Waals surface area contributed by atoms with Crippen molar-refractivity contribution in [3.63, 3.8) is 0 Å². The second-order valence-electron chi connectivity index (χ2n) is 7.72. The Hall–Kier alpha value is -2.15. The third-order valence-electron chi connectivity index (χ3n) is 5.86. The zero-order valence-electron chi connectivity index (χ0n) is 15.3. The minimum absolute atomic E-state index is 0.0190. The number of hydrogen-bond acceptors (Lipinski definition) is 5. The number of aromatic nitrogens is 1. The molecule has 140 valence electrons. The molecule has 2 amide bonds. The van der Waals surface area contributed by atoms with E-state index in [4.69, 9.17) is 4.74 Å². The van der Waals surface area contributed by atoms with Gasteiger partial charge < -0.3 is 14.5 Å². The summed E-state index contributed by atoms with van der Waals surface area (Å²) in [7, 11) is 1.80. The summed E-state index contributed by atoms with van der Waals surface area (Å²) in [6, 6.07) is 5.89. The van der Waals surface area contributed by atoms with Gasteiger partial charge in [0.25, 0.3) is 5.91 Å². The van der Waals surface area contributed by atoms with Crippen LogP contribution in [0.2, 0.25) is 0 Å². The zero-order valence-corrected chi connectivity index (χ0v) is 15.3. The second kappa shape index (κ2) is 6.87. The molecule has 7 nitrogen and oxygen atoms in total. The molecule has 0 radical (unpaired) electrons. The van der Waals surface area contributed by atoms with Gasteiger partial charge >= 0.3 is 6.09 Å². The van der Waals surface area contributed by atoms with Crippen LogP contribution in [0.25, 0.3) is 0 Å². The van der Waals surface area contributed by atoms with Crippen LogP contribution in [0.3, 0.4) is 0 Å². The smallest absolute Gasteiger partial charge is 0.410 e. The van der Waals surface area contributed by atoms with Crippen molar-refractivity contribution in [1.82, 2.24) is 19.7 Å². The molecule has 0 unspecified atom stereocenters. The summed E-state index contributed by atoms with van der Waals surface area (Å²) in [5.41, 5.74) is 0.175. The monoisotopic (exact) mass is 358 g/mol. The van der Waals surface area contributed by atoms with Crippen molar-refractivity contribution in [3.05, 3.63) is 30.1 Å². The van der Waals surface area contributed by atoms with Gasteiger partial charge in [0.1, 0.15) is 11.3 Å². The minimum Gasteiger partial charge on any atom is -0.440 e. The molecule has 3 saturated heterocycles. The van der Waals surface area contributed by atoms with Crippen molar-refractivity contribution < 1.29 is 14.3 Å². The lowest BCUT2D eigenvalue weighted by Gasteiger charge is -2.44. The Labute approximate surface area is 153 Å². The van der Waals surface area contributed by atoms with Gasteiger partial charge in [0.2, 0.25) is 0 Å². The molecule has 0 saturated carbocycles. The Morgan fingerprint density at radius 3 is 2.69 bits per heavy atom. The maximum atomic E-state index is 12.5. The molecule has 3 aliphatic rings. The first-order valence-corrected chi connectivity index (χ1v) is 9.45. The number of carbonyl (C=O) groups is 2. The predicted octanol–water partition coefficient (Wildman–Crippen LogP) is 1.60. The Morgan fingerprint density at radius 2 is 2.04 bits per heavy atom. The van der Waals surface area contributed by atoms with E-state index < -0.39 is 0 Å². The van der Waals surface area contributed by atoms with E-state index in [1.54, 1.807) is 24.2 Å². The number of likely N-dealkylation sites (tertiary alicyclic amines) is 2. The lowest BCUT2D eigenvalue weighted by atomic mass is 9.90. The molecule has 0 N–H and O–H groups in total. The lowest BCUT2D eigenvalue weighted by Crippen LogP contribution is -2.56. The summed E-state index contributed by atoms with van der Waals surface area (Å²) in [6.45, 7) is 4.04. The summed E-state index contributed by atoms with van der Waals surface area (Å²) < 4.78 is 5.71. The summed E-state index contributed by atoms with van der Waals surface area (Å²) in [5.74, 6) is 0.0190. The van der Waals surface area contributed by atoms with Gasteiger partial charge in [-0.05, 0) is 44.4 Å². The molecule has 3 aliphatic heterocycles. The topological polar surface area (TPSA) is 66.0 Å². The van der Waals surface area contributed by atoms with E-state index in [2.05, 4.69) is 9.88 Å². The molecule has 1 spiro atoms. The molecular weight excluding hydrogens is 332 g/mol. The molecule has 3 fully saturated rings. The molecule has 0 aromatic carbocycles. The van der Waals surface area contributed by atoms with Gasteiger partial charge in [-0.3, -0.25) is 14.7 Å². The highest BCUT2D eigenvalue weighted by Crippen LogP contribution is 2.33. The summed E-state index contributed by atoms with van der Waals surface area (Å²) in [4.78, 5) is 34.6. The van der Waals surface area contributed by atoms with Crippen molar-refractivity contribution in [3.8, 4) is 0 Å². The van der Waals surface area contributed by atoms with Crippen molar-refractivity contribution in [2.24, 2.45) is 0 Å². The van der Waals surface area contributed by atoms with Crippen molar-refractivity contribution in [2.45, 2.75) is 37.3 Å². The van der Waals surface area contributed by atoms with Gasteiger partial charge in [-0.1, -0.05) is 6.07 Å². The van der Waals surface area contributed by atoms with Crippen LogP contribution in [0, 0.1) is 0 Å². The average Bonchev–Trinajstić information content (AvgIpc) is 2.94. The van der Waals surface area contributed by atoms with Crippen molar-refractivity contribution in [2.75, 3.05) is 39.8 Å². The molecule has 0 aliphatic carbocycles. The molecule has 7 heteroatoms. The fraction of sp³-hybridized carbons (Fsp3) is 0.632. The fourth-order valence-corrected chi connectivity index (χ4v) is 4.53. The number of nitrogens with zero attached hydrogens (tertiary/aromatic N) is 4. The molecule has 4 rings (SSSR count). The fourth-order valence-electron chi connectivity index (χ4n) is 4.53. The molecule has 0 bridgehead atoms. The highest BCUT2D eigenvalue weighted by molar-refractivity contribution is 5.92. The van der Waals surface area contributed by atoms with E-state index in [0.29, 0.717) is 18.3 Å². The Balaban J connectivity index is 1.35. The van der Waals surface area contributed by atoms with Gasteiger partial charge in [-0.2, -0.15) is 0 Å². The Morgan fingerprint density at radius 1 is 1.23 bits per heavy atom. The first-order chi connectivity index (χ1) is 12.6. The number of piperidine rings is 2. The Bertz CT molecular complexity index is 675. The molecular formula is C19H26N4O3. The van der Waals surface area contributed by atoms with E-state index in [1.165, 1.54) is 0 Å². The molecule has 1 aromatic heterocycles. The molecule has 1 aromatic rings. The minimum atomic E-state index is -0.342. The van der Waals surface area contributed by atoms with Gasteiger partial charge in [-0.25, -0.2) is 4.79 Å². The van der Waals surface area contributed by atoms with Gasteiger partial charge in [0, 0.05) is 38.9 Å². The third kappa shape index (κ3) is 3.28. The largest absolute Gasteiger partial charge is 0.440 e. The van der Waals surface area contributed by atoms with Gasteiger partial charge in [-0.15, -0.1) is 0 Å². The summed E-state index contributed by atoms with van der Waals surface area (Å²) >= 11 is 0. The number of amides is 2. The zero-order chi connectivity index (χ0) is 18.1. The summed E-state index contributed by atoms with van der Waals surface area (Å²) in [6.07, 6.45) is 5.36. The van der Waals surface area contributed by atoms with E-state index >= 15 is 0 Å². The third-order valence-corrected chi connectivity index (χ3v) is 5.86. The van der Waals surface area contributed by atoms with E-state index in [1.807, 2.05) is 17.0 Å². The highest BCUT2D eigenvalue weighted by atomic mass is 16.6. The van der Waals surface area contributed by atoms with Crippen LogP contribution >= 0.6 is 0 Å². The van der Waals surface area contributed by atoms with Crippen LogP contribution in [0.1, 0.15) is 36.2 Å². The number of ether oxygens (including phenoxy) is 1. The van der Waals surface area contributed by atoms with E-state index in [-0.39, 0.29) is 17.6 Å². The Kier molecular flexibility index (Phi) is 4.56. The number of carbonyl (C=O) groups excluding carboxylic acids is 2. The number of likely N-dealkylation sites (N-methyl/N-ethyl adjacent to an activating group) is 1. The van der Waals surface area contributed by atoms with Crippen molar-refractivity contribution >= 4 is 12.0 Å². The van der Waals surface area contributed by atoms with Crippen molar-refractivity contribution in [1.29, 1.82) is 0 Å². The number of rotatable bonds is 2. The second-order valence-corrected chi connectivity index (χ2v) is 7.72. The SMILES string of the molecule is CN1C[C@]2(CCCN(C3CCN(C(=O)c4ccccn4)CC3)C2)OC1=O. The van der Waals surface area contributed by atoms with E-state index in [9.17, 15) is 9.59 Å². The van der Waals surface area contributed by atoms with Crippen LogP contribution in [0.15, 0.2) is 24.4 Å². The van der Waals surface area contributed by atoms with Crippen LogP contribution < -0.4 is 0 Å². The normalized spacial score (nSPS) is 27.8. The van der Waals surface area contributed by atoms with E-state index in [0.717, 1.165) is 51.9 Å². The van der Waals surface area contributed by atoms with Gasteiger partial charge in [0.05, 0.1) is 6.54 Å².